The first-order valence-electron chi connectivity index (χ1n) is 7.57. The number of anilines is 1. The number of benzene rings is 2. The van der Waals surface area contributed by atoms with E-state index in [1.54, 1.807) is 36.4 Å². The van der Waals surface area contributed by atoms with E-state index in [9.17, 15) is 13.6 Å². The van der Waals surface area contributed by atoms with Gasteiger partial charge in [0.05, 0.1) is 16.3 Å². The fraction of sp³-hybridized carbons (Fsp3) is 0.118. The van der Waals surface area contributed by atoms with Gasteiger partial charge in [0.1, 0.15) is 0 Å². The highest BCUT2D eigenvalue weighted by molar-refractivity contribution is 7.99. The summed E-state index contributed by atoms with van der Waals surface area (Å²) in [5.41, 5.74) is 1.13. The Labute approximate surface area is 166 Å². The summed E-state index contributed by atoms with van der Waals surface area (Å²) in [6, 6.07) is 13.2. The van der Waals surface area contributed by atoms with Gasteiger partial charge in [0.2, 0.25) is 11.8 Å². The summed E-state index contributed by atoms with van der Waals surface area (Å²) in [6.07, 6.45) is 0. The summed E-state index contributed by atoms with van der Waals surface area (Å²) in [5.74, 6) is -2.44. The summed E-state index contributed by atoms with van der Waals surface area (Å²) in [6.45, 7) is 0. The second-order valence-corrected chi connectivity index (χ2v) is 7.49. The molecule has 0 radical (unpaired) electrons. The van der Waals surface area contributed by atoms with E-state index >= 15 is 0 Å². The standard InChI is InChI=1S/C17H12ClF2N3O2S2/c18-13-4-2-1-3-12(13)15-22-23-17(25-15)26-9-14(24)21-10-5-7-11(8-6-10)27-16(19)20/h1-8,16H,9H2,(H,21,24). The largest absolute Gasteiger partial charge is 0.411 e. The third-order valence-electron chi connectivity index (χ3n) is 3.20. The van der Waals surface area contributed by atoms with Gasteiger partial charge in [0.25, 0.3) is 11.0 Å². The van der Waals surface area contributed by atoms with Crippen molar-refractivity contribution in [3.8, 4) is 11.5 Å². The molecule has 0 aliphatic carbocycles. The Balaban J connectivity index is 1.53. The van der Waals surface area contributed by atoms with Crippen molar-refractivity contribution < 1.29 is 18.0 Å². The van der Waals surface area contributed by atoms with E-state index < -0.39 is 5.76 Å². The molecule has 1 N–H and O–H groups in total. The van der Waals surface area contributed by atoms with Crippen LogP contribution in [0.2, 0.25) is 5.02 Å². The van der Waals surface area contributed by atoms with Crippen LogP contribution >= 0.6 is 35.1 Å². The van der Waals surface area contributed by atoms with Gasteiger partial charge in [-0.3, -0.25) is 4.79 Å². The summed E-state index contributed by atoms with van der Waals surface area (Å²) in [4.78, 5) is 12.4. The van der Waals surface area contributed by atoms with Crippen LogP contribution in [0.5, 0.6) is 0 Å². The van der Waals surface area contributed by atoms with Crippen molar-refractivity contribution in [3.05, 3.63) is 53.6 Å². The molecule has 0 unspecified atom stereocenters. The van der Waals surface area contributed by atoms with Crippen LogP contribution in [-0.4, -0.2) is 27.6 Å². The lowest BCUT2D eigenvalue weighted by Crippen LogP contribution is -2.13. The van der Waals surface area contributed by atoms with Gasteiger partial charge in [-0.05, 0) is 36.4 Å². The number of rotatable bonds is 7. The molecule has 0 aliphatic heterocycles. The highest BCUT2D eigenvalue weighted by Crippen LogP contribution is 2.29. The van der Waals surface area contributed by atoms with Gasteiger partial charge in [-0.2, -0.15) is 8.78 Å². The number of hydrogen-bond donors (Lipinski definition) is 1. The van der Waals surface area contributed by atoms with E-state index in [0.29, 0.717) is 32.9 Å². The molecule has 5 nitrogen and oxygen atoms in total. The summed E-state index contributed by atoms with van der Waals surface area (Å²) < 4.78 is 30.1. The Hall–Kier alpha value is -2.10. The predicted molar refractivity (Wildman–Crippen MR) is 102 cm³/mol. The molecule has 0 bridgehead atoms. The molecule has 1 heterocycles. The number of nitrogens with one attached hydrogen (secondary N) is 1. The topological polar surface area (TPSA) is 68.0 Å². The van der Waals surface area contributed by atoms with Crippen molar-refractivity contribution in [1.82, 2.24) is 10.2 Å². The average Bonchev–Trinajstić information content (AvgIpc) is 3.10. The number of hydrogen-bond acceptors (Lipinski definition) is 6. The first-order valence-corrected chi connectivity index (χ1v) is 9.81. The molecule has 2 aromatic carbocycles. The molecule has 0 fully saturated rings. The number of halogens is 3. The Morgan fingerprint density at radius 2 is 1.89 bits per heavy atom. The van der Waals surface area contributed by atoms with Crippen molar-refractivity contribution in [2.24, 2.45) is 0 Å². The maximum absolute atomic E-state index is 12.3. The minimum Gasteiger partial charge on any atom is -0.411 e. The molecule has 0 aliphatic rings. The monoisotopic (exact) mass is 427 g/mol. The SMILES string of the molecule is O=C(CSc1nnc(-c2ccccc2Cl)o1)Nc1ccc(SC(F)F)cc1. The zero-order chi connectivity index (χ0) is 19.2. The van der Waals surface area contributed by atoms with E-state index in [2.05, 4.69) is 15.5 Å². The number of carbonyl (C=O) groups excluding carboxylic acids is 1. The first-order chi connectivity index (χ1) is 13.0. The van der Waals surface area contributed by atoms with Crippen molar-refractivity contribution in [3.63, 3.8) is 0 Å². The van der Waals surface area contributed by atoms with E-state index in [0.717, 1.165) is 11.8 Å². The van der Waals surface area contributed by atoms with Crippen LogP contribution in [0.3, 0.4) is 0 Å². The Kier molecular flexibility index (Phi) is 6.70. The number of nitrogens with zero attached hydrogens (tertiary/aromatic N) is 2. The maximum atomic E-state index is 12.3. The van der Waals surface area contributed by atoms with Gasteiger partial charge in [-0.15, -0.1) is 10.2 Å². The van der Waals surface area contributed by atoms with Gasteiger partial charge in [0, 0.05) is 10.6 Å². The number of alkyl halides is 2. The first kappa shape index (κ1) is 19.7. The van der Waals surface area contributed by atoms with Gasteiger partial charge < -0.3 is 9.73 Å². The second-order valence-electron chi connectivity index (χ2n) is 5.09. The Morgan fingerprint density at radius 3 is 2.59 bits per heavy atom. The normalized spacial score (nSPS) is 11.0. The van der Waals surface area contributed by atoms with Gasteiger partial charge in [-0.1, -0.05) is 47.3 Å². The summed E-state index contributed by atoms with van der Waals surface area (Å²) in [5, 5.41) is 11.2. The van der Waals surface area contributed by atoms with Crippen LogP contribution in [0.1, 0.15) is 0 Å². The smallest absolute Gasteiger partial charge is 0.288 e. The molecule has 0 saturated carbocycles. The van der Waals surface area contributed by atoms with Gasteiger partial charge in [0.15, 0.2) is 0 Å². The lowest BCUT2D eigenvalue weighted by Gasteiger charge is -2.05. The van der Waals surface area contributed by atoms with Crippen molar-refractivity contribution in [1.29, 1.82) is 0 Å². The molecule has 0 saturated heterocycles. The molecule has 0 spiro atoms. The van der Waals surface area contributed by atoms with E-state index in [4.69, 9.17) is 16.0 Å². The van der Waals surface area contributed by atoms with Crippen molar-refractivity contribution >= 4 is 46.7 Å². The number of aromatic nitrogens is 2. The molecule has 27 heavy (non-hydrogen) atoms. The third kappa shape index (κ3) is 5.69. The number of amides is 1. The third-order valence-corrected chi connectivity index (χ3v) is 5.07. The van der Waals surface area contributed by atoms with Crippen molar-refractivity contribution in [2.75, 3.05) is 11.1 Å². The van der Waals surface area contributed by atoms with E-state index in [-0.39, 0.29) is 22.8 Å². The van der Waals surface area contributed by atoms with Crippen LogP contribution < -0.4 is 5.32 Å². The lowest BCUT2D eigenvalue weighted by molar-refractivity contribution is -0.113. The molecule has 3 rings (SSSR count). The molecule has 0 atom stereocenters. The zero-order valence-corrected chi connectivity index (χ0v) is 16.0. The van der Waals surface area contributed by atoms with Gasteiger partial charge in [-0.25, -0.2) is 0 Å². The quantitative estimate of drug-likeness (QED) is 0.507. The van der Waals surface area contributed by atoms with Crippen LogP contribution in [0.15, 0.2) is 63.1 Å². The lowest BCUT2D eigenvalue weighted by atomic mass is 10.2. The molecule has 1 aromatic heterocycles. The molecule has 3 aromatic rings. The highest BCUT2D eigenvalue weighted by Gasteiger charge is 2.13. The predicted octanol–water partition coefficient (Wildman–Crippen LogP) is 5.44. The summed E-state index contributed by atoms with van der Waals surface area (Å²) in [7, 11) is 0. The van der Waals surface area contributed by atoms with Gasteiger partial charge >= 0.3 is 0 Å². The van der Waals surface area contributed by atoms with Crippen LogP contribution in [0.25, 0.3) is 11.5 Å². The van der Waals surface area contributed by atoms with Crippen LogP contribution in [0, 0.1) is 0 Å². The maximum Gasteiger partial charge on any atom is 0.288 e. The molecular formula is C17H12ClF2N3O2S2. The van der Waals surface area contributed by atoms with Crippen molar-refractivity contribution in [2.45, 2.75) is 15.9 Å². The van der Waals surface area contributed by atoms with Crippen LogP contribution in [0.4, 0.5) is 14.5 Å². The minimum atomic E-state index is -2.48. The van der Waals surface area contributed by atoms with Crippen LogP contribution in [-0.2, 0) is 4.79 Å². The second kappa shape index (κ2) is 9.20. The molecule has 10 heteroatoms. The summed E-state index contributed by atoms with van der Waals surface area (Å²) >= 11 is 7.61. The number of carbonyl (C=O) groups is 1. The fourth-order valence-electron chi connectivity index (χ4n) is 2.06. The molecule has 1 amide bonds. The highest BCUT2D eigenvalue weighted by atomic mass is 35.5. The number of thioether (sulfide) groups is 2. The average molecular weight is 428 g/mol. The zero-order valence-electron chi connectivity index (χ0n) is 13.6. The van der Waals surface area contributed by atoms with E-state index in [1.165, 1.54) is 12.1 Å². The minimum absolute atomic E-state index is 0.0533. The Morgan fingerprint density at radius 1 is 1.15 bits per heavy atom. The van der Waals surface area contributed by atoms with E-state index in [1.807, 2.05) is 0 Å². The molecular weight excluding hydrogens is 416 g/mol. The molecule has 140 valence electrons. The Bertz CT molecular complexity index is 923. The fourth-order valence-corrected chi connectivity index (χ4v) is 3.33.